The molecule has 3 atom stereocenters. The minimum Gasteiger partial charge on any atom is -0.465 e. The van der Waals surface area contributed by atoms with Crippen molar-refractivity contribution in [1.29, 1.82) is 0 Å². The Balaban J connectivity index is 0.000000184. The van der Waals surface area contributed by atoms with E-state index in [-0.39, 0.29) is 13.1 Å². The number of nitrogens with one attached hydrogen (secondary N) is 5. The molecule has 3 amide bonds. The molecule has 2 aromatic heterocycles. The summed E-state index contributed by atoms with van der Waals surface area (Å²) in [5, 5.41) is 21.8. The number of fused-ring (bicyclic) bond motifs is 2. The van der Waals surface area contributed by atoms with Gasteiger partial charge in [-0.15, -0.1) is 0 Å². The Bertz CT molecular complexity index is 2280. The number of piperidine rings is 2. The van der Waals surface area contributed by atoms with E-state index in [2.05, 4.69) is 101 Å². The van der Waals surface area contributed by atoms with E-state index in [0.29, 0.717) is 34.6 Å². The summed E-state index contributed by atoms with van der Waals surface area (Å²) in [6.07, 6.45) is 1.77. The summed E-state index contributed by atoms with van der Waals surface area (Å²) in [6, 6.07) is 34.0. The number of anilines is 2. The fraction of sp³-hybridized carbons (Fsp3) is 0.311. The van der Waals surface area contributed by atoms with Crippen molar-refractivity contribution in [3.05, 3.63) is 109 Å². The van der Waals surface area contributed by atoms with Crippen LogP contribution in [0.4, 0.5) is 16.2 Å². The summed E-state index contributed by atoms with van der Waals surface area (Å²) in [5.74, 6) is -0.733. The molecule has 2 aliphatic rings. The molecule has 298 valence electrons. The van der Waals surface area contributed by atoms with Crippen LogP contribution in [0.3, 0.4) is 0 Å². The third-order valence-corrected chi connectivity index (χ3v) is 10.1. The van der Waals surface area contributed by atoms with Gasteiger partial charge in [-0.1, -0.05) is 87.5 Å². The predicted molar refractivity (Wildman–Crippen MR) is 230 cm³/mol. The number of rotatable bonds is 8. The van der Waals surface area contributed by atoms with Crippen molar-refractivity contribution in [3.63, 3.8) is 0 Å². The summed E-state index contributed by atoms with van der Waals surface area (Å²) < 4.78 is 0. The monoisotopic (exact) mass is 770 g/mol. The fourth-order valence-corrected chi connectivity index (χ4v) is 7.39. The van der Waals surface area contributed by atoms with Crippen LogP contribution in [0.2, 0.25) is 0 Å². The fourth-order valence-electron chi connectivity index (χ4n) is 7.39. The van der Waals surface area contributed by atoms with Gasteiger partial charge in [0.15, 0.2) is 0 Å². The highest BCUT2D eigenvalue weighted by molar-refractivity contribution is 6.10. The van der Waals surface area contributed by atoms with Gasteiger partial charge < -0.3 is 47.4 Å². The number of amides is 3. The summed E-state index contributed by atoms with van der Waals surface area (Å²) in [5.41, 5.74) is 19.2. The molecule has 0 aliphatic carbocycles. The molecule has 2 saturated heterocycles. The van der Waals surface area contributed by atoms with Gasteiger partial charge in [-0.25, -0.2) is 4.79 Å². The minimum absolute atomic E-state index is 0.123. The molecular weight excluding hydrogens is 717 g/mol. The van der Waals surface area contributed by atoms with Gasteiger partial charge in [0.05, 0.1) is 23.0 Å². The molecule has 4 aromatic carbocycles. The molecular formula is C45H54N8O4. The van der Waals surface area contributed by atoms with E-state index in [1.165, 1.54) is 45.6 Å². The number of benzene rings is 4. The summed E-state index contributed by atoms with van der Waals surface area (Å²) in [7, 11) is 0. The molecule has 2 fully saturated rings. The van der Waals surface area contributed by atoms with Crippen LogP contribution in [0, 0.1) is 11.8 Å². The van der Waals surface area contributed by atoms with Gasteiger partial charge in [0, 0.05) is 64.7 Å². The zero-order valence-electron chi connectivity index (χ0n) is 32.8. The van der Waals surface area contributed by atoms with Crippen molar-refractivity contribution in [2.45, 2.75) is 52.1 Å². The van der Waals surface area contributed by atoms with Gasteiger partial charge in [0.25, 0.3) is 5.91 Å². The van der Waals surface area contributed by atoms with Gasteiger partial charge in [0.2, 0.25) is 5.91 Å². The van der Waals surface area contributed by atoms with Crippen LogP contribution in [0.5, 0.6) is 0 Å². The Kier molecular flexibility index (Phi) is 13.2. The van der Waals surface area contributed by atoms with Crippen LogP contribution < -0.4 is 27.4 Å². The normalized spacial score (nSPS) is 17.9. The van der Waals surface area contributed by atoms with Crippen LogP contribution in [0.15, 0.2) is 103 Å². The Labute approximate surface area is 333 Å². The lowest BCUT2D eigenvalue weighted by molar-refractivity contribution is -0.123. The average Bonchev–Trinajstić information content (AvgIpc) is 3.86. The largest absolute Gasteiger partial charge is 0.465 e. The SMILES string of the molecule is CC(C)C.NC(=O)c1ccc(NC2CN(C(=O)O)CCC2C(N)=O)c2cc(-c3ccccc3)[nH]c12.c1ccc(-c2cc3c(NC4CCCNC4)cccc3[nH]2)cc1. The number of carbonyl (C=O) groups is 3. The highest BCUT2D eigenvalue weighted by Crippen LogP contribution is 2.34. The lowest BCUT2D eigenvalue weighted by Crippen LogP contribution is -2.53. The Morgan fingerprint density at radius 2 is 1.40 bits per heavy atom. The summed E-state index contributed by atoms with van der Waals surface area (Å²) >= 11 is 0. The Hall–Kier alpha value is -6.27. The zero-order chi connectivity index (χ0) is 40.5. The van der Waals surface area contributed by atoms with E-state index in [9.17, 15) is 19.5 Å². The lowest BCUT2D eigenvalue weighted by atomic mass is 9.90. The zero-order valence-corrected chi connectivity index (χ0v) is 32.8. The number of nitrogens with two attached hydrogens (primary N) is 2. The topological polar surface area (TPSA) is 194 Å². The lowest BCUT2D eigenvalue weighted by Gasteiger charge is -2.36. The van der Waals surface area contributed by atoms with Crippen molar-refractivity contribution in [2.24, 2.45) is 23.3 Å². The number of likely N-dealkylation sites (tertiary alicyclic amines) is 1. The molecule has 12 nitrogen and oxygen atoms in total. The van der Waals surface area contributed by atoms with E-state index in [1.807, 2.05) is 36.4 Å². The molecule has 10 N–H and O–H groups in total. The van der Waals surface area contributed by atoms with Crippen LogP contribution in [-0.4, -0.2) is 76.1 Å². The van der Waals surface area contributed by atoms with Crippen molar-refractivity contribution >= 4 is 51.1 Å². The smallest absolute Gasteiger partial charge is 0.407 e. The van der Waals surface area contributed by atoms with Gasteiger partial charge in [-0.3, -0.25) is 9.59 Å². The number of aromatic amines is 2. The van der Waals surface area contributed by atoms with Crippen LogP contribution in [0.25, 0.3) is 44.3 Å². The summed E-state index contributed by atoms with van der Waals surface area (Å²) in [6.45, 7) is 9.06. The van der Waals surface area contributed by atoms with E-state index in [4.69, 9.17) is 11.5 Å². The van der Waals surface area contributed by atoms with E-state index >= 15 is 0 Å². The van der Waals surface area contributed by atoms with Gasteiger partial charge in [0.1, 0.15) is 0 Å². The molecule has 0 radical (unpaired) electrons. The first-order chi connectivity index (χ1) is 27.5. The first-order valence-corrected chi connectivity index (χ1v) is 19.7. The molecule has 0 saturated carbocycles. The van der Waals surface area contributed by atoms with Crippen LogP contribution in [0.1, 0.15) is 50.4 Å². The van der Waals surface area contributed by atoms with Gasteiger partial charge >= 0.3 is 6.09 Å². The quantitative estimate of drug-likeness (QED) is 0.0772. The molecule has 3 unspecified atom stereocenters. The molecule has 4 heterocycles. The van der Waals surface area contributed by atoms with Gasteiger partial charge in [-0.2, -0.15) is 0 Å². The Morgan fingerprint density at radius 3 is 2.00 bits per heavy atom. The maximum absolute atomic E-state index is 12.0. The number of carboxylic acid groups (broad SMARTS) is 1. The third-order valence-electron chi connectivity index (χ3n) is 10.1. The van der Waals surface area contributed by atoms with Crippen molar-refractivity contribution in [3.8, 4) is 22.5 Å². The van der Waals surface area contributed by atoms with Crippen molar-refractivity contribution < 1.29 is 19.5 Å². The van der Waals surface area contributed by atoms with E-state index in [0.717, 1.165) is 30.3 Å². The van der Waals surface area contributed by atoms with E-state index < -0.39 is 29.9 Å². The molecule has 8 rings (SSSR count). The van der Waals surface area contributed by atoms with Crippen molar-refractivity contribution in [1.82, 2.24) is 20.2 Å². The second-order valence-corrected chi connectivity index (χ2v) is 15.4. The number of nitrogens with zero attached hydrogens (tertiary/aromatic N) is 1. The van der Waals surface area contributed by atoms with Crippen LogP contribution in [-0.2, 0) is 4.79 Å². The second-order valence-electron chi connectivity index (χ2n) is 15.4. The number of primary amides is 2. The molecule has 57 heavy (non-hydrogen) atoms. The number of aromatic nitrogens is 2. The number of hydrogen-bond acceptors (Lipinski definition) is 6. The predicted octanol–water partition coefficient (Wildman–Crippen LogP) is 7.86. The maximum atomic E-state index is 12.0. The average molecular weight is 771 g/mol. The first kappa shape index (κ1) is 40.4. The Morgan fingerprint density at radius 1 is 0.772 bits per heavy atom. The molecule has 0 bridgehead atoms. The maximum Gasteiger partial charge on any atom is 0.407 e. The first-order valence-electron chi connectivity index (χ1n) is 19.7. The van der Waals surface area contributed by atoms with Gasteiger partial charge in [-0.05, 0) is 79.3 Å². The third kappa shape index (κ3) is 10.1. The second kappa shape index (κ2) is 18.6. The van der Waals surface area contributed by atoms with Crippen molar-refractivity contribution in [2.75, 3.05) is 36.8 Å². The molecule has 2 aliphatic heterocycles. The minimum atomic E-state index is -1.04. The number of H-pyrrole nitrogens is 2. The standard InChI is InChI=1S/C22H23N5O4.C19H21N3.C4H10/c23-20(28)13-8-9-27(22(30)31)11-18(13)25-16-7-6-14(21(24)29)19-15(16)10-17(26-19)12-4-2-1-3-5-12;1-2-6-14(7-3-1)19-12-16-17(9-4-10-18(16)22-19)21-15-8-5-11-20-13-15;1-4(2)3/h1-7,10,13,18,25-26H,8-9,11H2,(H2,23,28)(H2,24,29)(H,30,31);1-4,6-7,9-10,12,15,20-22H,5,8,11,13H2;4H,1-3H3. The molecule has 0 spiro atoms. The highest BCUT2D eigenvalue weighted by Gasteiger charge is 2.35. The molecule has 12 heteroatoms. The highest BCUT2D eigenvalue weighted by atomic mass is 16.4. The van der Waals surface area contributed by atoms with Crippen LogP contribution >= 0.6 is 0 Å². The van der Waals surface area contributed by atoms with E-state index in [1.54, 1.807) is 12.1 Å². The summed E-state index contributed by atoms with van der Waals surface area (Å²) in [4.78, 5) is 43.5. The number of hydrogen-bond donors (Lipinski definition) is 8. The molecule has 6 aromatic rings. The number of carbonyl (C=O) groups excluding carboxylic acids is 2.